The highest BCUT2D eigenvalue weighted by molar-refractivity contribution is 7.13. The van der Waals surface area contributed by atoms with Gasteiger partial charge in [-0.15, -0.1) is 11.3 Å². The lowest BCUT2D eigenvalue weighted by Crippen LogP contribution is -2.48. The summed E-state index contributed by atoms with van der Waals surface area (Å²) in [5.74, 6) is 0.267. The largest absolute Gasteiger partial charge is 0.345 e. The second kappa shape index (κ2) is 7.59. The highest BCUT2D eigenvalue weighted by Gasteiger charge is 2.21. The van der Waals surface area contributed by atoms with Crippen molar-refractivity contribution < 1.29 is 4.79 Å². The van der Waals surface area contributed by atoms with Crippen molar-refractivity contribution in [3.63, 3.8) is 0 Å². The molecule has 0 bridgehead atoms. The number of thiazole rings is 1. The maximum absolute atomic E-state index is 12.4. The topological polar surface area (TPSA) is 36.4 Å². The first-order valence-electron chi connectivity index (χ1n) is 8.26. The number of aryl methyl sites for hydroxylation is 2. The molecule has 0 N–H and O–H groups in total. The number of nitrogens with zero attached hydrogens (tertiary/aromatic N) is 3. The number of carbonyl (C=O) groups excluding carboxylic acids is 1. The SMILES string of the molecule is CCc1ccc(CCC(=O)N2CCN(c3nccs3)CC2)cc1. The Morgan fingerprint density at radius 3 is 2.43 bits per heavy atom. The molecule has 1 saturated heterocycles. The molecule has 0 unspecified atom stereocenters. The summed E-state index contributed by atoms with van der Waals surface area (Å²) in [4.78, 5) is 21.0. The van der Waals surface area contributed by atoms with E-state index in [9.17, 15) is 4.79 Å². The number of benzene rings is 1. The van der Waals surface area contributed by atoms with E-state index in [2.05, 4.69) is 41.1 Å². The van der Waals surface area contributed by atoms with Crippen LogP contribution in [0.5, 0.6) is 0 Å². The number of piperazine rings is 1. The molecule has 0 radical (unpaired) electrons. The molecule has 5 heteroatoms. The smallest absolute Gasteiger partial charge is 0.223 e. The molecule has 2 heterocycles. The van der Waals surface area contributed by atoms with Crippen LogP contribution in [0.2, 0.25) is 0 Å². The van der Waals surface area contributed by atoms with Crippen LogP contribution in [0.4, 0.5) is 5.13 Å². The van der Waals surface area contributed by atoms with Crippen molar-refractivity contribution in [2.45, 2.75) is 26.2 Å². The van der Waals surface area contributed by atoms with Crippen LogP contribution in [0.15, 0.2) is 35.8 Å². The Bertz CT molecular complexity index is 616. The highest BCUT2D eigenvalue weighted by Crippen LogP contribution is 2.19. The summed E-state index contributed by atoms with van der Waals surface area (Å²) in [6.45, 7) is 5.51. The van der Waals surface area contributed by atoms with Gasteiger partial charge in [-0.25, -0.2) is 4.98 Å². The van der Waals surface area contributed by atoms with Crippen molar-refractivity contribution in [3.8, 4) is 0 Å². The van der Waals surface area contributed by atoms with Gasteiger partial charge in [0, 0.05) is 44.2 Å². The summed E-state index contributed by atoms with van der Waals surface area (Å²) in [6, 6.07) is 8.61. The number of rotatable bonds is 5. The van der Waals surface area contributed by atoms with Crippen molar-refractivity contribution in [2.24, 2.45) is 0 Å². The van der Waals surface area contributed by atoms with E-state index in [4.69, 9.17) is 0 Å². The third kappa shape index (κ3) is 4.10. The van der Waals surface area contributed by atoms with Crippen LogP contribution in [-0.4, -0.2) is 42.0 Å². The normalized spacial score (nSPS) is 15.0. The van der Waals surface area contributed by atoms with Crippen molar-refractivity contribution >= 4 is 22.4 Å². The van der Waals surface area contributed by atoms with Gasteiger partial charge in [-0.2, -0.15) is 0 Å². The second-order valence-electron chi connectivity index (χ2n) is 5.85. The third-order valence-corrected chi connectivity index (χ3v) is 5.21. The molecule has 0 spiro atoms. The van der Waals surface area contributed by atoms with Crippen molar-refractivity contribution in [1.82, 2.24) is 9.88 Å². The zero-order valence-electron chi connectivity index (χ0n) is 13.6. The van der Waals surface area contributed by atoms with Gasteiger partial charge >= 0.3 is 0 Å². The first-order chi connectivity index (χ1) is 11.3. The molecular weight excluding hydrogens is 306 g/mol. The minimum absolute atomic E-state index is 0.267. The summed E-state index contributed by atoms with van der Waals surface area (Å²) >= 11 is 1.66. The van der Waals surface area contributed by atoms with E-state index < -0.39 is 0 Å². The number of anilines is 1. The van der Waals surface area contributed by atoms with E-state index in [-0.39, 0.29) is 5.91 Å². The van der Waals surface area contributed by atoms with Crippen LogP contribution in [0.1, 0.15) is 24.5 Å². The van der Waals surface area contributed by atoms with Gasteiger partial charge in [-0.3, -0.25) is 4.79 Å². The molecule has 1 amide bonds. The van der Waals surface area contributed by atoms with Crippen molar-refractivity contribution in [3.05, 3.63) is 47.0 Å². The van der Waals surface area contributed by atoms with Crippen LogP contribution in [0, 0.1) is 0 Å². The third-order valence-electron chi connectivity index (χ3n) is 4.38. The first-order valence-corrected chi connectivity index (χ1v) is 9.14. The first kappa shape index (κ1) is 16.0. The van der Waals surface area contributed by atoms with Crippen LogP contribution in [-0.2, 0) is 17.6 Å². The molecule has 23 heavy (non-hydrogen) atoms. The van der Waals surface area contributed by atoms with Gasteiger partial charge in [-0.1, -0.05) is 31.2 Å². The summed E-state index contributed by atoms with van der Waals surface area (Å²) in [6.07, 6.45) is 4.32. The molecule has 1 fully saturated rings. The van der Waals surface area contributed by atoms with E-state index in [1.54, 1.807) is 11.3 Å². The van der Waals surface area contributed by atoms with E-state index in [0.717, 1.165) is 44.2 Å². The van der Waals surface area contributed by atoms with Crippen molar-refractivity contribution in [2.75, 3.05) is 31.1 Å². The molecule has 1 aliphatic heterocycles. The highest BCUT2D eigenvalue weighted by atomic mass is 32.1. The molecule has 0 aliphatic carbocycles. The molecule has 0 atom stereocenters. The minimum atomic E-state index is 0.267. The van der Waals surface area contributed by atoms with Crippen LogP contribution in [0.25, 0.3) is 0 Å². The fourth-order valence-electron chi connectivity index (χ4n) is 2.87. The maximum atomic E-state index is 12.4. The molecule has 1 aromatic carbocycles. The zero-order valence-corrected chi connectivity index (χ0v) is 14.4. The molecule has 4 nitrogen and oxygen atoms in total. The Morgan fingerprint density at radius 2 is 1.83 bits per heavy atom. The lowest BCUT2D eigenvalue weighted by atomic mass is 10.1. The summed E-state index contributed by atoms with van der Waals surface area (Å²) in [5.41, 5.74) is 2.59. The fourth-order valence-corrected chi connectivity index (χ4v) is 3.57. The number of hydrogen-bond donors (Lipinski definition) is 0. The Labute approximate surface area is 141 Å². The van der Waals surface area contributed by atoms with E-state index in [0.29, 0.717) is 6.42 Å². The lowest BCUT2D eigenvalue weighted by molar-refractivity contribution is -0.131. The molecule has 1 aliphatic rings. The molecule has 2 aromatic rings. The predicted octanol–water partition coefficient (Wildman–Crippen LogP) is 2.99. The maximum Gasteiger partial charge on any atom is 0.223 e. The predicted molar refractivity (Wildman–Crippen MR) is 95.0 cm³/mol. The van der Waals surface area contributed by atoms with Gasteiger partial charge in [0.05, 0.1) is 0 Å². The van der Waals surface area contributed by atoms with Gasteiger partial charge in [-0.05, 0) is 24.0 Å². The average molecular weight is 329 g/mol. The molecule has 0 saturated carbocycles. The van der Waals surface area contributed by atoms with Gasteiger partial charge in [0.2, 0.25) is 5.91 Å². The van der Waals surface area contributed by atoms with Crippen LogP contribution < -0.4 is 4.90 Å². The van der Waals surface area contributed by atoms with Crippen LogP contribution >= 0.6 is 11.3 Å². The minimum Gasteiger partial charge on any atom is -0.345 e. The Hall–Kier alpha value is -1.88. The summed E-state index contributed by atoms with van der Waals surface area (Å²) in [5, 5.41) is 3.06. The molecular formula is C18H23N3OS. The Balaban J connectivity index is 1.45. The van der Waals surface area contributed by atoms with Gasteiger partial charge in [0.25, 0.3) is 0 Å². The Kier molecular flexibility index (Phi) is 5.28. The van der Waals surface area contributed by atoms with E-state index >= 15 is 0 Å². The standard InChI is InChI=1S/C18H23N3OS/c1-2-15-3-5-16(6-4-15)7-8-17(22)20-10-12-21(13-11-20)18-19-9-14-23-18/h3-6,9,14H,2,7-8,10-13H2,1H3. The quantitative estimate of drug-likeness (QED) is 0.846. The number of aromatic nitrogens is 1. The lowest BCUT2D eigenvalue weighted by Gasteiger charge is -2.34. The monoisotopic (exact) mass is 329 g/mol. The molecule has 1 aromatic heterocycles. The van der Waals surface area contributed by atoms with Crippen molar-refractivity contribution in [1.29, 1.82) is 0 Å². The van der Waals surface area contributed by atoms with Gasteiger partial charge < -0.3 is 9.80 Å². The Morgan fingerprint density at radius 1 is 1.13 bits per heavy atom. The summed E-state index contributed by atoms with van der Waals surface area (Å²) in [7, 11) is 0. The number of carbonyl (C=O) groups is 1. The fraction of sp³-hybridized carbons (Fsp3) is 0.444. The van der Waals surface area contributed by atoms with Crippen LogP contribution in [0.3, 0.4) is 0 Å². The second-order valence-corrected chi connectivity index (χ2v) is 6.73. The van der Waals surface area contributed by atoms with E-state index in [1.165, 1.54) is 11.1 Å². The molecule has 3 rings (SSSR count). The molecule has 122 valence electrons. The summed E-state index contributed by atoms with van der Waals surface area (Å²) < 4.78 is 0. The van der Waals surface area contributed by atoms with Gasteiger partial charge in [0.1, 0.15) is 0 Å². The number of amides is 1. The average Bonchev–Trinajstić information content (AvgIpc) is 3.15. The number of hydrogen-bond acceptors (Lipinski definition) is 4. The van der Waals surface area contributed by atoms with E-state index in [1.807, 2.05) is 16.5 Å². The zero-order chi connectivity index (χ0) is 16.1. The van der Waals surface area contributed by atoms with Gasteiger partial charge in [0.15, 0.2) is 5.13 Å².